The number of nitrogens with one attached hydrogen (secondary N) is 1. The lowest BCUT2D eigenvalue weighted by Gasteiger charge is -2.38. The van der Waals surface area contributed by atoms with Gasteiger partial charge in [-0.05, 0) is 38.1 Å². The highest BCUT2D eigenvalue weighted by atomic mass is 35.5. The molecule has 19 heavy (non-hydrogen) atoms. The molecule has 106 valence electrons. The maximum atomic E-state index is 6.16. The lowest BCUT2D eigenvalue weighted by Crippen LogP contribution is -2.46. The van der Waals surface area contributed by atoms with Crippen molar-refractivity contribution in [2.24, 2.45) is 0 Å². The molecule has 1 fully saturated rings. The highest BCUT2D eigenvalue weighted by Crippen LogP contribution is 2.27. The summed E-state index contributed by atoms with van der Waals surface area (Å²) in [5.41, 5.74) is 2.53. The van der Waals surface area contributed by atoms with Crippen molar-refractivity contribution in [2.75, 3.05) is 24.5 Å². The first-order valence-corrected chi connectivity index (χ1v) is 7.37. The van der Waals surface area contributed by atoms with Crippen LogP contribution in [0.3, 0.4) is 0 Å². The van der Waals surface area contributed by atoms with E-state index in [9.17, 15) is 0 Å². The Labute approximate surface area is 120 Å². The lowest BCUT2D eigenvalue weighted by atomic mass is 10.1. The minimum atomic E-state index is 0.259. The second kappa shape index (κ2) is 6.60. The van der Waals surface area contributed by atoms with Crippen molar-refractivity contribution in [1.29, 1.82) is 0 Å². The molecule has 1 aliphatic heterocycles. The Morgan fingerprint density at radius 1 is 1.32 bits per heavy atom. The Balaban J connectivity index is 2.23. The normalized spacial score (nSPS) is 23.7. The second-order valence-electron chi connectivity index (χ2n) is 5.22. The van der Waals surface area contributed by atoms with Gasteiger partial charge in [-0.25, -0.2) is 0 Å². The molecule has 0 radical (unpaired) electrons. The van der Waals surface area contributed by atoms with Crippen molar-refractivity contribution in [1.82, 2.24) is 5.32 Å². The fourth-order valence-electron chi connectivity index (χ4n) is 2.62. The molecule has 1 heterocycles. The van der Waals surface area contributed by atoms with Gasteiger partial charge in [-0.2, -0.15) is 0 Å². The van der Waals surface area contributed by atoms with E-state index in [1.165, 1.54) is 11.3 Å². The highest BCUT2D eigenvalue weighted by molar-refractivity contribution is 6.30. The Hall–Kier alpha value is -0.770. The Morgan fingerprint density at radius 2 is 2.00 bits per heavy atom. The molecular weight excluding hydrogens is 260 g/mol. The number of hydrogen-bond acceptors (Lipinski definition) is 3. The van der Waals surface area contributed by atoms with E-state index in [0.717, 1.165) is 31.2 Å². The van der Waals surface area contributed by atoms with E-state index >= 15 is 0 Å². The van der Waals surface area contributed by atoms with E-state index in [4.69, 9.17) is 16.3 Å². The first-order chi connectivity index (χ1) is 9.10. The van der Waals surface area contributed by atoms with Gasteiger partial charge in [-0.1, -0.05) is 24.6 Å². The van der Waals surface area contributed by atoms with Crippen LogP contribution < -0.4 is 10.2 Å². The Bertz CT molecular complexity index is 415. The first-order valence-electron chi connectivity index (χ1n) is 6.99. The van der Waals surface area contributed by atoms with E-state index in [1.807, 2.05) is 6.07 Å². The van der Waals surface area contributed by atoms with Gasteiger partial charge >= 0.3 is 0 Å². The largest absolute Gasteiger partial charge is 0.372 e. The summed E-state index contributed by atoms with van der Waals surface area (Å²) < 4.78 is 5.80. The zero-order valence-electron chi connectivity index (χ0n) is 11.9. The zero-order valence-corrected chi connectivity index (χ0v) is 12.7. The molecular formula is C15H23ClN2O. The summed E-state index contributed by atoms with van der Waals surface area (Å²) in [4.78, 5) is 2.39. The average Bonchev–Trinajstić information content (AvgIpc) is 2.36. The molecule has 1 N–H and O–H groups in total. The van der Waals surface area contributed by atoms with Crippen LogP contribution in [0.1, 0.15) is 26.3 Å². The molecule has 0 amide bonds. The van der Waals surface area contributed by atoms with Gasteiger partial charge in [0.1, 0.15) is 0 Å². The predicted octanol–water partition coefficient (Wildman–Crippen LogP) is 3.06. The number of anilines is 1. The number of hydrogen-bond donors (Lipinski definition) is 1. The van der Waals surface area contributed by atoms with E-state index in [2.05, 4.69) is 43.1 Å². The van der Waals surface area contributed by atoms with Crippen LogP contribution in [0.2, 0.25) is 5.02 Å². The van der Waals surface area contributed by atoms with Crippen molar-refractivity contribution in [3.8, 4) is 0 Å². The minimum absolute atomic E-state index is 0.259. The van der Waals surface area contributed by atoms with Crippen molar-refractivity contribution < 1.29 is 4.74 Å². The fourth-order valence-corrected chi connectivity index (χ4v) is 2.78. The van der Waals surface area contributed by atoms with Gasteiger partial charge in [0.2, 0.25) is 0 Å². The third kappa shape index (κ3) is 3.85. The van der Waals surface area contributed by atoms with Gasteiger partial charge in [-0.15, -0.1) is 0 Å². The first kappa shape index (κ1) is 14.6. The number of halogens is 1. The molecule has 1 aromatic rings. The third-order valence-electron chi connectivity index (χ3n) is 3.37. The quantitative estimate of drug-likeness (QED) is 0.919. The summed E-state index contributed by atoms with van der Waals surface area (Å²) in [5, 5.41) is 4.18. The Kier molecular flexibility index (Phi) is 5.08. The summed E-state index contributed by atoms with van der Waals surface area (Å²) in [6.45, 7) is 10.1. The molecule has 0 aromatic heterocycles. The lowest BCUT2D eigenvalue weighted by molar-refractivity contribution is -0.00526. The monoisotopic (exact) mass is 282 g/mol. The van der Waals surface area contributed by atoms with Crippen LogP contribution in [0.5, 0.6) is 0 Å². The minimum Gasteiger partial charge on any atom is -0.372 e. The fraction of sp³-hybridized carbons (Fsp3) is 0.600. The van der Waals surface area contributed by atoms with E-state index in [1.54, 1.807) is 0 Å². The number of nitrogens with zero attached hydrogens (tertiary/aromatic N) is 1. The molecule has 2 atom stereocenters. The summed E-state index contributed by atoms with van der Waals surface area (Å²) >= 11 is 6.16. The van der Waals surface area contributed by atoms with Crippen LogP contribution in [-0.2, 0) is 11.3 Å². The standard InChI is InChI=1S/C15H23ClN2O/c1-4-17-8-13-5-6-14(16)7-15(13)18-9-11(2)19-12(3)10-18/h5-7,11-12,17H,4,8-10H2,1-3H3. The second-order valence-corrected chi connectivity index (χ2v) is 5.65. The molecule has 0 bridgehead atoms. The van der Waals surface area contributed by atoms with Crippen LogP contribution in [0.15, 0.2) is 18.2 Å². The predicted molar refractivity (Wildman–Crippen MR) is 81.1 cm³/mol. The number of benzene rings is 1. The molecule has 2 unspecified atom stereocenters. The van der Waals surface area contributed by atoms with Gasteiger partial charge in [-0.3, -0.25) is 0 Å². The van der Waals surface area contributed by atoms with Crippen LogP contribution >= 0.6 is 11.6 Å². The molecule has 0 saturated carbocycles. The molecule has 1 aromatic carbocycles. The van der Waals surface area contributed by atoms with Gasteiger partial charge in [0.05, 0.1) is 12.2 Å². The van der Waals surface area contributed by atoms with E-state index < -0.39 is 0 Å². The number of morpholine rings is 1. The van der Waals surface area contributed by atoms with Crippen molar-refractivity contribution in [2.45, 2.75) is 39.5 Å². The average molecular weight is 283 g/mol. The van der Waals surface area contributed by atoms with Crippen LogP contribution in [0.4, 0.5) is 5.69 Å². The van der Waals surface area contributed by atoms with Gasteiger partial charge < -0.3 is 15.0 Å². The van der Waals surface area contributed by atoms with Gasteiger partial charge in [0.25, 0.3) is 0 Å². The molecule has 2 rings (SSSR count). The summed E-state index contributed by atoms with van der Waals surface area (Å²) in [6, 6.07) is 6.15. The molecule has 1 saturated heterocycles. The Morgan fingerprint density at radius 3 is 2.63 bits per heavy atom. The summed E-state index contributed by atoms with van der Waals surface area (Å²) in [5.74, 6) is 0. The maximum Gasteiger partial charge on any atom is 0.0726 e. The van der Waals surface area contributed by atoms with Crippen molar-refractivity contribution >= 4 is 17.3 Å². The molecule has 0 aliphatic carbocycles. The topological polar surface area (TPSA) is 24.5 Å². The molecule has 0 spiro atoms. The van der Waals surface area contributed by atoms with Crippen LogP contribution in [0, 0.1) is 0 Å². The maximum absolute atomic E-state index is 6.16. The van der Waals surface area contributed by atoms with Crippen molar-refractivity contribution in [3.63, 3.8) is 0 Å². The van der Waals surface area contributed by atoms with Crippen LogP contribution in [-0.4, -0.2) is 31.8 Å². The van der Waals surface area contributed by atoms with Gasteiger partial charge in [0, 0.05) is 30.3 Å². The molecule has 3 nitrogen and oxygen atoms in total. The summed E-state index contributed by atoms with van der Waals surface area (Å²) in [7, 11) is 0. The van der Waals surface area contributed by atoms with E-state index in [-0.39, 0.29) is 12.2 Å². The molecule has 1 aliphatic rings. The van der Waals surface area contributed by atoms with Crippen LogP contribution in [0.25, 0.3) is 0 Å². The SMILES string of the molecule is CCNCc1ccc(Cl)cc1N1CC(C)OC(C)C1. The molecule has 4 heteroatoms. The van der Waals surface area contributed by atoms with Crippen molar-refractivity contribution in [3.05, 3.63) is 28.8 Å². The smallest absolute Gasteiger partial charge is 0.0726 e. The summed E-state index contributed by atoms with van der Waals surface area (Å²) in [6.07, 6.45) is 0.518. The number of ether oxygens (including phenoxy) is 1. The highest BCUT2D eigenvalue weighted by Gasteiger charge is 2.23. The van der Waals surface area contributed by atoms with Gasteiger partial charge in [0.15, 0.2) is 0 Å². The zero-order chi connectivity index (χ0) is 13.8. The number of rotatable bonds is 4. The van der Waals surface area contributed by atoms with E-state index in [0.29, 0.717) is 0 Å². The third-order valence-corrected chi connectivity index (χ3v) is 3.61.